The van der Waals surface area contributed by atoms with E-state index in [4.69, 9.17) is 10.2 Å². The third-order valence-corrected chi connectivity index (χ3v) is 8.54. The summed E-state index contributed by atoms with van der Waals surface area (Å²) in [7, 11) is 1.46. The summed E-state index contributed by atoms with van der Waals surface area (Å²) in [5.74, 6) is -1.62. The van der Waals surface area contributed by atoms with Crippen molar-refractivity contribution in [2.45, 2.75) is 194 Å². The van der Waals surface area contributed by atoms with Crippen molar-refractivity contribution >= 4 is 17.9 Å². The normalized spacial score (nSPS) is 10.6. The quantitative estimate of drug-likeness (QED) is 0.0342. The summed E-state index contributed by atoms with van der Waals surface area (Å²) >= 11 is 0. The molecule has 0 atom stereocenters. The molecule has 0 amide bonds. The van der Waals surface area contributed by atoms with Gasteiger partial charge in [-0.15, -0.1) is 0 Å². The van der Waals surface area contributed by atoms with Crippen molar-refractivity contribution in [3.63, 3.8) is 0 Å². The number of hydrogen-bond acceptors (Lipinski definition) is 4. The van der Waals surface area contributed by atoms with E-state index >= 15 is 0 Å². The van der Waals surface area contributed by atoms with E-state index in [-0.39, 0.29) is 37.0 Å². The van der Waals surface area contributed by atoms with Crippen molar-refractivity contribution in [2.75, 3.05) is 7.11 Å². The number of carboxylic acid groups (broad SMARTS) is 2. The summed E-state index contributed by atoms with van der Waals surface area (Å²) < 4.78 is 4.62. The van der Waals surface area contributed by atoms with Crippen LogP contribution < -0.4 is 29.6 Å². The smallest absolute Gasteiger partial charge is 1.00 e. The maximum atomic E-state index is 10.9. The number of allylic oxidation sites excluding steroid dienone is 4. The van der Waals surface area contributed by atoms with E-state index in [1.807, 2.05) is 0 Å². The van der Waals surface area contributed by atoms with E-state index in [9.17, 15) is 14.4 Å². The Balaban J connectivity index is -0.000000348. The Kier molecular flexibility index (Phi) is 48.4. The molecule has 0 aromatic heterocycles. The van der Waals surface area contributed by atoms with Crippen LogP contribution in [-0.2, 0) is 14.3 Å². The molecule has 51 heavy (non-hydrogen) atoms. The zero-order valence-corrected chi connectivity index (χ0v) is 35.5. The number of benzene rings is 1. The summed E-state index contributed by atoms with van der Waals surface area (Å²) in [6, 6.07) is 8.30. The monoisotopic (exact) mass is 725 g/mol. The Morgan fingerprint density at radius 3 is 1.18 bits per heavy atom. The number of aliphatic carboxylic acids is 1. The van der Waals surface area contributed by atoms with E-state index < -0.39 is 11.9 Å². The summed E-state index contributed by atoms with van der Waals surface area (Å²) in [6.07, 6.45) is 43.2. The standard InChI is InChI=1S/C19H36O2.C18H34O2.C7H6O2.Na.H/c1-3-4-5-6-7-8-9-10-11-12-13-14-15-16-17-18-19(20)21-2;1-2-3-4-5-6-7-8-9-10-11-12-13-14-15-16-17-18(19)20;8-7(9)6-4-2-1-3-5-6;;/h10-11H,3-9,12-18H2,1-2H3;9-10H,2-8,11-17H2,1H3,(H,19,20);1-5H,(H,8,9);;/q;;;+1;-1/b11-10-;10-9-;;;. The molecule has 290 valence electrons. The number of carboxylic acids is 2. The zero-order valence-electron chi connectivity index (χ0n) is 34.5. The van der Waals surface area contributed by atoms with Gasteiger partial charge in [-0.2, -0.15) is 0 Å². The summed E-state index contributed by atoms with van der Waals surface area (Å²) in [4.78, 5) is 31.4. The van der Waals surface area contributed by atoms with Crippen LogP contribution in [0.3, 0.4) is 0 Å². The van der Waals surface area contributed by atoms with Gasteiger partial charge in [-0.05, 0) is 76.3 Å². The molecular weight excluding hydrogens is 647 g/mol. The van der Waals surface area contributed by atoms with Gasteiger partial charge in [-0.3, -0.25) is 9.59 Å². The zero-order chi connectivity index (χ0) is 37.2. The Morgan fingerprint density at radius 1 is 0.529 bits per heavy atom. The van der Waals surface area contributed by atoms with Crippen LogP contribution in [0, 0.1) is 0 Å². The van der Waals surface area contributed by atoms with Gasteiger partial charge in [0.05, 0.1) is 12.7 Å². The van der Waals surface area contributed by atoms with Crippen molar-refractivity contribution < 1.29 is 60.3 Å². The first-order chi connectivity index (χ1) is 24.4. The predicted molar refractivity (Wildman–Crippen MR) is 213 cm³/mol. The molecule has 0 aliphatic carbocycles. The maximum Gasteiger partial charge on any atom is 1.00 e. The fourth-order valence-electron chi connectivity index (χ4n) is 5.37. The minimum absolute atomic E-state index is 0. The number of hydrogen-bond donors (Lipinski definition) is 2. The Morgan fingerprint density at radius 2 is 0.863 bits per heavy atom. The van der Waals surface area contributed by atoms with Crippen LogP contribution in [0.25, 0.3) is 0 Å². The van der Waals surface area contributed by atoms with Crippen molar-refractivity contribution in [3.8, 4) is 0 Å². The molecule has 2 N–H and O–H groups in total. The maximum absolute atomic E-state index is 10.9. The van der Waals surface area contributed by atoms with Gasteiger partial charge in [0.25, 0.3) is 0 Å². The van der Waals surface area contributed by atoms with Crippen molar-refractivity contribution in [1.82, 2.24) is 0 Å². The third-order valence-electron chi connectivity index (χ3n) is 8.54. The minimum atomic E-state index is -0.879. The first kappa shape index (κ1) is 53.5. The van der Waals surface area contributed by atoms with E-state index in [2.05, 4.69) is 42.9 Å². The second-order valence-corrected chi connectivity index (χ2v) is 13.3. The van der Waals surface area contributed by atoms with Crippen molar-refractivity contribution in [1.29, 1.82) is 0 Å². The van der Waals surface area contributed by atoms with Crippen molar-refractivity contribution in [2.24, 2.45) is 0 Å². The fraction of sp³-hybridized carbons (Fsp3) is 0.705. The molecular formula is C44H77NaO6. The van der Waals surface area contributed by atoms with Crippen LogP contribution >= 0.6 is 0 Å². The molecule has 0 heterocycles. The average Bonchev–Trinajstić information content (AvgIpc) is 3.12. The van der Waals surface area contributed by atoms with Crippen molar-refractivity contribution in [3.05, 3.63) is 60.2 Å². The molecule has 0 fully saturated rings. The first-order valence-corrected chi connectivity index (χ1v) is 20.3. The van der Waals surface area contributed by atoms with Gasteiger partial charge in [0.1, 0.15) is 0 Å². The second kappa shape index (κ2) is 46.1. The predicted octanol–water partition coefficient (Wildman–Crippen LogP) is 10.8. The topological polar surface area (TPSA) is 101 Å². The number of esters is 1. The molecule has 0 aliphatic rings. The molecule has 0 saturated carbocycles. The van der Waals surface area contributed by atoms with Gasteiger partial charge in [-0.25, -0.2) is 4.79 Å². The first-order valence-electron chi connectivity index (χ1n) is 20.3. The van der Waals surface area contributed by atoms with E-state index in [1.54, 1.807) is 30.3 Å². The molecule has 0 unspecified atom stereocenters. The summed E-state index contributed by atoms with van der Waals surface area (Å²) in [5.41, 5.74) is 0.331. The molecule has 6 nitrogen and oxygen atoms in total. The van der Waals surface area contributed by atoms with E-state index in [0.29, 0.717) is 18.4 Å². The molecule has 1 aromatic carbocycles. The van der Waals surface area contributed by atoms with Gasteiger partial charge >= 0.3 is 47.5 Å². The van der Waals surface area contributed by atoms with Gasteiger partial charge in [0.2, 0.25) is 0 Å². The van der Waals surface area contributed by atoms with E-state index in [1.165, 1.54) is 148 Å². The Hall–Kier alpha value is -1.89. The molecule has 1 aromatic rings. The van der Waals surface area contributed by atoms with Gasteiger partial charge in [0, 0.05) is 12.8 Å². The van der Waals surface area contributed by atoms with Crippen LogP contribution in [0.5, 0.6) is 0 Å². The number of carbonyl (C=O) groups is 3. The largest absolute Gasteiger partial charge is 1.00 e. The molecule has 0 aliphatic heterocycles. The molecule has 0 bridgehead atoms. The van der Waals surface area contributed by atoms with Crippen LogP contribution in [0.1, 0.15) is 205 Å². The van der Waals surface area contributed by atoms with Crippen LogP contribution in [0.2, 0.25) is 0 Å². The SMILES string of the molecule is CCCCCCCC/C=C\CCCCCCCC(=O)O.CCCCCCCC/C=C\CCCCCCCC(=O)OC.O=C(O)c1ccccc1.[H-].[Na+]. The Labute approximate surface area is 337 Å². The fourth-order valence-corrected chi connectivity index (χ4v) is 5.37. The molecule has 7 heteroatoms. The summed E-state index contributed by atoms with van der Waals surface area (Å²) in [6.45, 7) is 4.52. The number of carbonyl (C=O) groups excluding carboxylic acids is 1. The minimum Gasteiger partial charge on any atom is -1.00 e. The molecule has 1 rings (SSSR count). The molecule has 0 radical (unpaired) electrons. The van der Waals surface area contributed by atoms with Gasteiger partial charge in [-0.1, -0.05) is 159 Å². The van der Waals surface area contributed by atoms with Crippen LogP contribution in [0.15, 0.2) is 54.6 Å². The molecule has 0 saturated heterocycles. The van der Waals surface area contributed by atoms with Gasteiger partial charge in [0.15, 0.2) is 0 Å². The number of ether oxygens (including phenoxy) is 1. The number of rotatable bonds is 31. The van der Waals surface area contributed by atoms with Crippen LogP contribution in [0.4, 0.5) is 0 Å². The van der Waals surface area contributed by atoms with Gasteiger partial charge < -0.3 is 16.4 Å². The Bertz CT molecular complexity index is 938. The average molecular weight is 725 g/mol. The number of unbranched alkanes of at least 4 members (excludes halogenated alkanes) is 22. The second-order valence-electron chi connectivity index (χ2n) is 13.3. The number of aromatic carboxylic acids is 1. The molecule has 0 spiro atoms. The van der Waals surface area contributed by atoms with E-state index in [0.717, 1.165) is 25.7 Å². The van der Waals surface area contributed by atoms with Crippen LogP contribution in [-0.4, -0.2) is 35.2 Å². The summed E-state index contributed by atoms with van der Waals surface area (Å²) in [5, 5.41) is 16.9. The third kappa shape index (κ3) is 48.1. The number of methoxy groups -OCH3 is 1.